The fraction of sp³-hybridized carbons (Fsp3) is 0.650. The van der Waals surface area contributed by atoms with Crippen molar-refractivity contribution >= 4 is 30.7 Å². The summed E-state index contributed by atoms with van der Waals surface area (Å²) >= 11 is 0. The zero-order valence-electron chi connectivity index (χ0n) is 17.1. The van der Waals surface area contributed by atoms with Crippen LogP contribution in [0.3, 0.4) is 0 Å². The van der Waals surface area contributed by atoms with Crippen molar-refractivity contribution in [3.05, 3.63) is 35.4 Å². The number of nitrogens with two attached hydrogens (primary N) is 1. The molecule has 1 amide bonds. The van der Waals surface area contributed by atoms with Gasteiger partial charge in [0.15, 0.2) is 0 Å². The molecule has 0 saturated heterocycles. The summed E-state index contributed by atoms with van der Waals surface area (Å²) in [7, 11) is 0. The Kier molecular flexibility index (Phi) is 14.1. The Morgan fingerprint density at radius 1 is 0.923 bits per heavy atom. The van der Waals surface area contributed by atoms with E-state index in [4.69, 9.17) is 5.73 Å². The number of nitrogens with zero attached hydrogens (tertiary/aromatic N) is 2. The van der Waals surface area contributed by atoms with Gasteiger partial charge in [-0.2, -0.15) is 0 Å². The number of halogens is 2. The van der Waals surface area contributed by atoms with Crippen LogP contribution in [-0.4, -0.2) is 46.9 Å². The fourth-order valence-corrected chi connectivity index (χ4v) is 3.12. The standard InChI is InChI=1S/C20H35N3O.2ClH/c1-7-22(8-2)14-18-11-9-17(10-12-18)13-19(21)20(24)23(15(3)4)16(5)6;;/h9-12,15-16,19H,7-8,13-14,21H2,1-6H3;2*1H. The molecule has 0 aliphatic carbocycles. The van der Waals surface area contributed by atoms with Gasteiger partial charge in [0.1, 0.15) is 0 Å². The Labute approximate surface area is 172 Å². The van der Waals surface area contributed by atoms with Crippen LogP contribution >= 0.6 is 24.8 Å². The van der Waals surface area contributed by atoms with Crippen LogP contribution in [0, 0.1) is 0 Å². The summed E-state index contributed by atoms with van der Waals surface area (Å²) in [5.74, 6) is 0.0345. The van der Waals surface area contributed by atoms with Gasteiger partial charge in [-0.3, -0.25) is 9.69 Å². The lowest BCUT2D eigenvalue weighted by Crippen LogP contribution is -2.50. The summed E-state index contributed by atoms with van der Waals surface area (Å²) in [6, 6.07) is 8.34. The van der Waals surface area contributed by atoms with Crippen molar-refractivity contribution in [1.82, 2.24) is 9.80 Å². The van der Waals surface area contributed by atoms with Gasteiger partial charge in [0.2, 0.25) is 5.91 Å². The summed E-state index contributed by atoms with van der Waals surface area (Å²) in [5, 5.41) is 0. The van der Waals surface area contributed by atoms with Gasteiger partial charge in [0.25, 0.3) is 0 Å². The maximum atomic E-state index is 12.6. The second-order valence-corrected chi connectivity index (χ2v) is 7.02. The third-order valence-corrected chi connectivity index (χ3v) is 4.46. The minimum absolute atomic E-state index is 0. The molecule has 2 N–H and O–H groups in total. The predicted octanol–water partition coefficient (Wildman–Crippen LogP) is 3.89. The van der Waals surface area contributed by atoms with Crippen molar-refractivity contribution in [3.63, 3.8) is 0 Å². The maximum Gasteiger partial charge on any atom is 0.240 e. The number of hydrogen-bond acceptors (Lipinski definition) is 3. The normalized spacial score (nSPS) is 11.9. The molecule has 0 radical (unpaired) electrons. The van der Waals surface area contributed by atoms with Gasteiger partial charge in [0, 0.05) is 18.6 Å². The number of rotatable bonds is 9. The molecule has 1 aromatic carbocycles. The van der Waals surface area contributed by atoms with Gasteiger partial charge < -0.3 is 10.6 Å². The van der Waals surface area contributed by atoms with Gasteiger partial charge in [0.05, 0.1) is 6.04 Å². The molecule has 1 aromatic rings. The molecule has 0 aromatic heterocycles. The fourth-order valence-electron chi connectivity index (χ4n) is 3.12. The van der Waals surface area contributed by atoms with Gasteiger partial charge in [-0.1, -0.05) is 38.1 Å². The first-order valence-electron chi connectivity index (χ1n) is 9.18. The molecule has 0 heterocycles. The first-order valence-corrected chi connectivity index (χ1v) is 9.18. The number of benzene rings is 1. The van der Waals surface area contributed by atoms with Crippen LogP contribution in [0.15, 0.2) is 24.3 Å². The van der Waals surface area contributed by atoms with Crippen LogP contribution in [0.5, 0.6) is 0 Å². The minimum atomic E-state index is -0.483. The molecule has 0 bridgehead atoms. The largest absolute Gasteiger partial charge is 0.336 e. The minimum Gasteiger partial charge on any atom is -0.336 e. The Balaban J connectivity index is 0. The van der Waals surface area contributed by atoms with Crippen LogP contribution in [0.25, 0.3) is 0 Å². The Morgan fingerprint density at radius 2 is 1.35 bits per heavy atom. The van der Waals surface area contributed by atoms with E-state index >= 15 is 0 Å². The highest BCUT2D eigenvalue weighted by atomic mass is 35.5. The maximum absolute atomic E-state index is 12.6. The summed E-state index contributed by atoms with van der Waals surface area (Å²) in [5.41, 5.74) is 8.60. The molecule has 6 heteroatoms. The number of carbonyl (C=O) groups excluding carboxylic acids is 1. The molecule has 0 fully saturated rings. The SMILES string of the molecule is CCN(CC)Cc1ccc(CC(N)C(=O)N(C(C)C)C(C)C)cc1.Cl.Cl. The summed E-state index contributed by atoms with van der Waals surface area (Å²) in [4.78, 5) is 16.9. The zero-order valence-corrected chi connectivity index (χ0v) is 18.7. The second-order valence-electron chi connectivity index (χ2n) is 7.02. The quantitative estimate of drug-likeness (QED) is 0.677. The van der Waals surface area contributed by atoms with Gasteiger partial charge in [-0.25, -0.2) is 0 Å². The van der Waals surface area contributed by atoms with E-state index in [1.165, 1.54) is 5.56 Å². The van der Waals surface area contributed by atoms with Crippen molar-refractivity contribution in [3.8, 4) is 0 Å². The van der Waals surface area contributed by atoms with E-state index in [9.17, 15) is 4.79 Å². The van der Waals surface area contributed by atoms with Crippen molar-refractivity contribution in [2.45, 2.75) is 72.6 Å². The molecule has 26 heavy (non-hydrogen) atoms. The van der Waals surface area contributed by atoms with E-state index in [-0.39, 0.29) is 42.8 Å². The first kappa shape index (κ1) is 27.4. The van der Waals surface area contributed by atoms with E-state index in [1.54, 1.807) is 0 Å². The molecule has 0 aliphatic rings. The molecular weight excluding hydrogens is 369 g/mol. The molecule has 4 nitrogen and oxygen atoms in total. The average Bonchev–Trinajstić information content (AvgIpc) is 2.53. The van der Waals surface area contributed by atoms with E-state index in [2.05, 4.69) is 43.0 Å². The Morgan fingerprint density at radius 3 is 1.73 bits per heavy atom. The van der Waals surface area contributed by atoms with Gasteiger partial charge in [-0.05, 0) is 58.3 Å². The lowest BCUT2D eigenvalue weighted by Gasteiger charge is -2.33. The van der Waals surface area contributed by atoms with Crippen LogP contribution < -0.4 is 5.73 Å². The molecule has 1 atom stereocenters. The van der Waals surface area contributed by atoms with Gasteiger partial charge in [-0.15, -0.1) is 24.8 Å². The van der Waals surface area contributed by atoms with E-state index in [0.29, 0.717) is 6.42 Å². The van der Waals surface area contributed by atoms with E-state index < -0.39 is 6.04 Å². The molecule has 152 valence electrons. The monoisotopic (exact) mass is 405 g/mol. The lowest BCUT2D eigenvalue weighted by molar-refractivity contribution is -0.136. The van der Waals surface area contributed by atoms with E-state index in [1.807, 2.05) is 32.6 Å². The van der Waals surface area contributed by atoms with Crippen molar-refractivity contribution in [2.75, 3.05) is 13.1 Å². The van der Waals surface area contributed by atoms with Crippen LogP contribution in [-0.2, 0) is 17.8 Å². The highest BCUT2D eigenvalue weighted by Gasteiger charge is 2.25. The Hall–Kier alpha value is -0.810. The van der Waals surface area contributed by atoms with Crippen molar-refractivity contribution in [2.24, 2.45) is 5.73 Å². The molecule has 1 unspecified atom stereocenters. The summed E-state index contributed by atoms with van der Waals surface area (Å²) < 4.78 is 0. The molecule has 1 rings (SSSR count). The molecule has 0 spiro atoms. The van der Waals surface area contributed by atoms with Crippen LogP contribution in [0.4, 0.5) is 0 Å². The van der Waals surface area contributed by atoms with Gasteiger partial charge >= 0.3 is 0 Å². The highest BCUT2D eigenvalue weighted by molar-refractivity contribution is 5.85. The van der Waals surface area contributed by atoms with Crippen molar-refractivity contribution in [1.29, 1.82) is 0 Å². The molecule has 0 saturated carbocycles. The number of hydrogen-bond donors (Lipinski definition) is 1. The molecule has 0 aliphatic heterocycles. The van der Waals surface area contributed by atoms with E-state index in [0.717, 1.165) is 25.2 Å². The smallest absolute Gasteiger partial charge is 0.240 e. The zero-order chi connectivity index (χ0) is 18.3. The average molecular weight is 406 g/mol. The number of amides is 1. The summed E-state index contributed by atoms with van der Waals surface area (Å²) in [6.45, 7) is 15.6. The topological polar surface area (TPSA) is 49.6 Å². The van der Waals surface area contributed by atoms with Crippen LogP contribution in [0.2, 0.25) is 0 Å². The van der Waals surface area contributed by atoms with Crippen molar-refractivity contribution < 1.29 is 4.79 Å². The third-order valence-electron chi connectivity index (χ3n) is 4.46. The predicted molar refractivity (Wildman–Crippen MR) is 116 cm³/mol. The lowest BCUT2D eigenvalue weighted by atomic mass is 10.0. The highest BCUT2D eigenvalue weighted by Crippen LogP contribution is 2.12. The third kappa shape index (κ3) is 8.26. The number of carbonyl (C=O) groups is 1. The van der Waals surface area contributed by atoms with Crippen LogP contribution in [0.1, 0.15) is 52.7 Å². The first-order chi connectivity index (χ1) is 11.3. The summed E-state index contributed by atoms with van der Waals surface area (Å²) in [6.07, 6.45) is 0.584. The Bertz CT molecular complexity index is 494. The molecular formula is C20H37Cl2N3O. The second kappa shape index (κ2) is 13.4.